The van der Waals surface area contributed by atoms with Crippen molar-refractivity contribution in [2.45, 2.75) is 83.7 Å². The molecule has 0 spiro atoms. The molecule has 1 saturated carbocycles. The second-order valence-corrected chi connectivity index (χ2v) is 5.76. The Morgan fingerprint density at radius 2 is 1.95 bits per heavy atom. The third-order valence-electron chi connectivity index (χ3n) is 3.88. The molecule has 0 aromatic rings. The van der Waals surface area contributed by atoms with Gasteiger partial charge in [-0.3, -0.25) is 4.79 Å². The van der Waals surface area contributed by atoms with Gasteiger partial charge in [0.2, 0.25) is 5.92 Å². The number of hydrogen-bond donors (Lipinski definition) is 0. The summed E-state index contributed by atoms with van der Waals surface area (Å²) in [6, 6.07) is 0. The average molecular weight is 276 g/mol. The predicted molar refractivity (Wildman–Crippen MR) is 71.2 cm³/mol. The molecule has 0 aliphatic heterocycles. The van der Waals surface area contributed by atoms with Gasteiger partial charge in [0.05, 0.1) is 0 Å². The minimum atomic E-state index is -2.50. The summed E-state index contributed by atoms with van der Waals surface area (Å²) in [6.45, 7) is 3.35. The van der Waals surface area contributed by atoms with Gasteiger partial charge in [0.15, 0.2) is 0 Å². The minimum Gasteiger partial charge on any atom is -0.463 e. The van der Waals surface area contributed by atoms with E-state index in [9.17, 15) is 13.6 Å². The number of rotatable bonds is 8. The normalized spacial score (nSPS) is 23.6. The zero-order valence-corrected chi connectivity index (χ0v) is 12.1. The lowest BCUT2D eigenvalue weighted by atomic mass is 9.97. The first-order chi connectivity index (χ1) is 8.93. The van der Waals surface area contributed by atoms with E-state index in [2.05, 4.69) is 0 Å². The molecular weight excluding hydrogens is 250 g/mol. The molecular formula is C15H26F2O2. The van der Waals surface area contributed by atoms with Gasteiger partial charge >= 0.3 is 5.97 Å². The maximum Gasteiger partial charge on any atom is 0.302 e. The van der Waals surface area contributed by atoms with Gasteiger partial charge in [-0.1, -0.05) is 19.8 Å². The van der Waals surface area contributed by atoms with Crippen LogP contribution in [0.2, 0.25) is 0 Å². The predicted octanol–water partition coefficient (Wildman–Crippen LogP) is 4.71. The Bertz CT molecular complexity index is 279. The van der Waals surface area contributed by atoms with Gasteiger partial charge in [0.1, 0.15) is 6.10 Å². The Hall–Kier alpha value is -0.670. The highest BCUT2D eigenvalue weighted by molar-refractivity contribution is 5.66. The SMILES string of the molecule is CCCCC(F)(F)CCCC1CCC(OC(C)=O)C1. The summed E-state index contributed by atoms with van der Waals surface area (Å²) in [6.07, 6.45) is 5.60. The number of carbonyl (C=O) groups is 1. The maximum absolute atomic E-state index is 13.5. The van der Waals surface area contributed by atoms with Crippen molar-refractivity contribution in [1.82, 2.24) is 0 Å². The minimum absolute atomic E-state index is 0.00172. The third kappa shape index (κ3) is 6.88. The molecule has 0 bridgehead atoms. The van der Waals surface area contributed by atoms with Crippen molar-refractivity contribution >= 4 is 5.97 Å². The summed E-state index contributed by atoms with van der Waals surface area (Å²) in [5.74, 6) is -2.28. The summed E-state index contributed by atoms with van der Waals surface area (Å²) >= 11 is 0. The first kappa shape index (κ1) is 16.4. The van der Waals surface area contributed by atoms with E-state index in [-0.39, 0.29) is 24.9 Å². The fourth-order valence-corrected chi connectivity index (χ4v) is 2.84. The van der Waals surface area contributed by atoms with E-state index >= 15 is 0 Å². The quantitative estimate of drug-likeness (QED) is 0.600. The van der Waals surface area contributed by atoms with E-state index in [1.54, 1.807) is 0 Å². The van der Waals surface area contributed by atoms with Gasteiger partial charge in [-0.15, -0.1) is 0 Å². The molecule has 1 fully saturated rings. The van der Waals surface area contributed by atoms with Crippen LogP contribution in [-0.2, 0) is 9.53 Å². The third-order valence-corrected chi connectivity index (χ3v) is 3.88. The van der Waals surface area contributed by atoms with Gasteiger partial charge in [-0.25, -0.2) is 8.78 Å². The number of unbranched alkanes of at least 4 members (excludes halogenated alkanes) is 1. The highest BCUT2D eigenvalue weighted by atomic mass is 19.3. The molecule has 2 nitrogen and oxygen atoms in total. The van der Waals surface area contributed by atoms with E-state index in [1.165, 1.54) is 6.92 Å². The first-order valence-corrected chi connectivity index (χ1v) is 7.48. The standard InChI is InChI=1S/C15H26F2O2/c1-3-4-9-15(16,17)10-5-6-13-7-8-14(11-13)19-12(2)18/h13-14H,3-11H2,1-2H3. The van der Waals surface area contributed by atoms with Crippen LogP contribution in [0.3, 0.4) is 0 Å². The summed E-state index contributed by atoms with van der Waals surface area (Å²) in [7, 11) is 0. The van der Waals surface area contributed by atoms with Crippen molar-refractivity contribution in [1.29, 1.82) is 0 Å². The van der Waals surface area contributed by atoms with Crippen molar-refractivity contribution < 1.29 is 18.3 Å². The molecule has 4 heteroatoms. The maximum atomic E-state index is 13.5. The number of alkyl halides is 2. The Kier molecular flexibility index (Phi) is 6.73. The molecule has 0 aromatic carbocycles. The van der Waals surface area contributed by atoms with Gasteiger partial charge in [-0.2, -0.15) is 0 Å². The summed E-state index contributed by atoms with van der Waals surface area (Å²) in [4.78, 5) is 10.8. The van der Waals surface area contributed by atoms with E-state index in [1.807, 2.05) is 6.92 Å². The zero-order chi connectivity index (χ0) is 14.3. The number of ether oxygens (including phenoxy) is 1. The highest BCUT2D eigenvalue weighted by Gasteiger charge is 2.30. The molecule has 2 unspecified atom stereocenters. The largest absolute Gasteiger partial charge is 0.463 e. The van der Waals surface area contributed by atoms with Crippen LogP contribution in [0.4, 0.5) is 8.78 Å². The van der Waals surface area contributed by atoms with Crippen molar-refractivity contribution in [3.8, 4) is 0 Å². The van der Waals surface area contributed by atoms with Crippen LogP contribution in [0, 0.1) is 5.92 Å². The molecule has 19 heavy (non-hydrogen) atoms. The molecule has 0 amide bonds. The van der Waals surface area contributed by atoms with Crippen LogP contribution in [0.5, 0.6) is 0 Å². The van der Waals surface area contributed by atoms with Crippen LogP contribution >= 0.6 is 0 Å². The van der Waals surface area contributed by atoms with Crippen LogP contribution in [-0.4, -0.2) is 18.0 Å². The summed E-state index contributed by atoms with van der Waals surface area (Å²) < 4.78 is 32.1. The second-order valence-electron chi connectivity index (χ2n) is 5.76. The number of esters is 1. The lowest BCUT2D eigenvalue weighted by Gasteiger charge is -2.17. The lowest BCUT2D eigenvalue weighted by molar-refractivity contribution is -0.146. The van der Waals surface area contributed by atoms with E-state index in [0.717, 1.165) is 32.1 Å². The van der Waals surface area contributed by atoms with Crippen molar-refractivity contribution in [3.63, 3.8) is 0 Å². The molecule has 0 N–H and O–H groups in total. The molecule has 1 aliphatic rings. The van der Waals surface area contributed by atoms with Crippen LogP contribution in [0.15, 0.2) is 0 Å². The number of carbonyl (C=O) groups excluding carboxylic acids is 1. The van der Waals surface area contributed by atoms with Gasteiger partial charge in [0, 0.05) is 19.8 Å². The van der Waals surface area contributed by atoms with Gasteiger partial charge in [-0.05, 0) is 38.0 Å². The van der Waals surface area contributed by atoms with Crippen molar-refractivity contribution in [2.75, 3.05) is 0 Å². The number of hydrogen-bond acceptors (Lipinski definition) is 2. The summed E-state index contributed by atoms with van der Waals surface area (Å²) in [5, 5.41) is 0. The Balaban J connectivity index is 2.15. The highest BCUT2D eigenvalue weighted by Crippen LogP contribution is 2.34. The molecule has 0 heterocycles. The molecule has 0 saturated heterocycles. The zero-order valence-electron chi connectivity index (χ0n) is 12.1. The van der Waals surface area contributed by atoms with E-state index in [4.69, 9.17) is 4.74 Å². The second kappa shape index (κ2) is 7.81. The fraction of sp³-hybridized carbons (Fsp3) is 0.933. The van der Waals surface area contributed by atoms with Crippen LogP contribution in [0.25, 0.3) is 0 Å². The van der Waals surface area contributed by atoms with Crippen molar-refractivity contribution in [2.24, 2.45) is 5.92 Å². The van der Waals surface area contributed by atoms with Crippen molar-refractivity contribution in [3.05, 3.63) is 0 Å². The topological polar surface area (TPSA) is 26.3 Å². The number of halogens is 2. The fourth-order valence-electron chi connectivity index (χ4n) is 2.84. The first-order valence-electron chi connectivity index (χ1n) is 7.48. The molecule has 1 aliphatic carbocycles. The molecule has 2 atom stereocenters. The Labute approximate surface area is 114 Å². The summed E-state index contributed by atoms with van der Waals surface area (Å²) in [5.41, 5.74) is 0. The molecule has 0 aromatic heterocycles. The van der Waals surface area contributed by atoms with Crippen LogP contribution in [0.1, 0.15) is 71.6 Å². The van der Waals surface area contributed by atoms with E-state index < -0.39 is 5.92 Å². The monoisotopic (exact) mass is 276 g/mol. The molecule has 0 radical (unpaired) electrons. The Morgan fingerprint density at radius 3 is 2.58 bits per heavy atom. The van der Waals surface area contributed by atoms with E-state index in [0.29, 0.717) is 18.8 Å². The smallest absolute Gasteiger partial charge is 0.302 e. The Morgan fingerprint density at radius 1 is 1.26 bits per heavy atom. The average Bonchev–Trinajstić information content (AvgIpc) is 2.73. The van der Waals surface area contributed by atoms with Gasteiger partial charge < -0.3 is 4.74 Å². The van der Waals surface area contributed by atoms with Crippen LogP contribution < -0.4 is 0 Å². The molecule has 112 valence electrons. The lowest BCUT2D eigenvalue weighted by Crippen LogP contribution is -2.16. The molecule has 1 rings (SSSR count). The van der Waals surface area contributed by atoms with Gasteiger partial charge in [0.25, 0.3) is 0 Å².